The minimum Gasteiger partial charge on any atom is -0.459 e. The molecule has 1 aliphatic rings. The van der Waals surface area contributed by atoms with Crippen molar-refractivity contribution >= 4 is 18.3 Å². The van der Waals surface area contributed by atoms with Crippen molar-refractivity contribution in [2.24, 2.45) is 0 Å². The number of aryl methyl sites for hydroxylation is 1. The highest BCUT2D eigenvalue weighted by Crippen LogP contribution is 2.17. The van der Waals surface area contributed by atoms with Crippen molar-refractivity contribution < 1.29 is 9.21 Å². The van der Waals surface area contributed by atoms with Crippen LogP contribution in [0.5, 0.6) is 0 Å². The molecule has 0 aliphatic carbocycles. The van der Waals surface area contributed by atoms with Gasteiger partial charge in [0.2, 0.25) is 0 Å². The maximum absolute atomic E-state index is 11.9. The summed E-state index contributed by atoms with van der Waals surface area (Å²) in [6.07, 6.45) is 1.53. The lowest BCUT2D eigenvalue weighted by molar-refractivity contribution is 0.0922. The second-order valence-corrected chi connectivity index (χ2v) is 4.82. The maximum Gasteiger partial charge on any atom is 0.287 e. The Hall–Kier alpha value is -1.78. The highest BCUT2D eigenvalue weighted by molar-refractivity contribution is 5.92. The van der Waals surface area contributed by atoms with Gasteiger partial charge in [-0.05, 0) is 29.7 Å². The van der Waals surface area contributed by atoms with Crippen LogP contribution in [-0.2, 0) is 19.6 Å². The van der Waals surface area contributed by atoms with Crippen LogP contribution in [0.15, 0.2) is 34.9 Å². The average molecular weight is 293 g/mol. The summed E-state index contributed by atoms with van der Waals surface area (Å²) in [4.78, 5) is 11.9. The number of fused-ring (bicyclic) bond motifs is 1. The van der Waals surface area contributed by atoms with Gasteiger partial charge >= 0.3 is 0 Å². The molecular weight excluding hydrogens is 276 g/mol. The minimum atomic E-state index is -0.166. The molecule has 1 aromatic heterocycles. The van der Waals surface area contributed by atoms with Crippen LogP contribution in [-0.4, -0.2) is 5.91 Å². The van der Waals surface area contributed by atoms with Gasteiger partial charge in [0.25, 0.3) is 5.91 Å². The molecular formula is C15H17ClN2O2. The smallest absolute Gasteiger partial charge is 0.287 e. The van der Waals surface area contributed by atoms with Gasteiger partial charge in [0, 0.05) is 25.2 Å². The van der Waals surface area contributed by atoms with Crippen molar-refractivity contribution in [3.63, 3.8) is 0 Å². The fourth-order valence-corrected chi connectivity index (χ4v) is 2.33. The molecule has 3 rings (SSSR count). The first-order chi connectivity index (χ1) is 9.24. The third kappa shape index (κ3) is 2.86. The molecule has 1 amide bonds. The van der Waals surface area contributed by atoms with Gasteiger partial charge in [0.15, 0.2) is 5.76 Å². The van der Waals surface area contributed by atoms with E-state index in [4.69, 9.17) is 4.42 Å². The summed E-state index contributed by atoms with van der Waals surface area (Å²) in [6.45, 7) is 4.23. The van der Waals surface area contributed by atoms with E-state index in [1.165, 1.54) is 17.4 Å². The summed E-state index contributed by atoms with van der Waals surface area (Å²) in [6, 6.07) is 8.11. The number of benzene rings is 1. The zero-order valence-corrected chi connectivity index (χ0v) is 12.0. The zero-order chi connectivity index (χ0) is 13.2. The van der Waals surface area contributed by atoms with Crippen LogP contribution in [0.1, 0.15) is 32.8 Å². The summed E-state index contributed by atoms with van der Waals surface area (Å²) in [5.74, 6) is 0.226. The van der Waals surface area contributed by atoms with Crippen LogP contribution >= 0.6 is 12.4 Å². The van der Waals surface area contributed by atoms with E-state index >= 15 is 0 Å². The molecule has 106 valence electrons. The van der Waals surface area contributed by atoms with Crippen LogP contribution in [0.3, 0.4) is 0 Å². The lowest BCUT2D eigenvalue weighted by atomic mass is 10.1. The van der Waals surface area contributed by atoms with E-state index in [9.17, 15) is 4.79 Å². The number of carbonyl (C=O) groups excluding carboxylic acids is 1. The molecule has 2 heterocycles. The lowest BCUT2D eigenvalue weighted by Gasteiger charge is -2.06. The van der Waals surface area contributed by atoms with E-state index in [1.54, 1.807) is 6.07 Å². The largest absolute Gasteiger partial charge is 0.459 e. The molecule has 0 radical (unpaired) electrons. The van der Waals surface area contributed by atoms with Crippen molar-refractivity contribution in [3.8, 4) is 0 Å². The van der Waals surface area contributed by atoms with Gasteiger partial charge in [0.1, 0.15) is 0 Å². The van der Waals surface area contributed by atoms with Gasteiger partial charge in [-0.3, -0.25) is 4.79 Å². The summed E-state index contributed by atoms with van der Waals surface area (Å²) in [7, 11) is 0. The summed E-state index contributed by atoms with van der Waals surface area (Å²) in [5.41, 5.74) is 4.63. The highest BCUT2D eigenvalue weighted by Gasteiger charge is 2.13. The van der Waals surface area contributed by atoms with Gasteiger partial charge in [-0.15, -0.1) is 12.4 Å². The van der Waals surface area contributed by atoms with Crippen LogP contribution in [0.2, 0.25) is 0 Å². The first-order valence-electron chi connectivity index (χ1n) is 6.38. The average Bonchev–Trinajstić information content (AvgIpc) is 3.03. The number of furan rings is 1. The van der Waals surface area contributed by atoms with Crippen molar-refractivity contribution in [2.45, 2.75) is 26.6 Å². The zero-order valence-electron chi connectivity index (χ0n) is 11.2. The number of rotatable bonds is 3. The van der Waals surface area contributed by atoms with Crippen LogP contribution in [0, 0.1) is 6.92 Å². The molecule has 4 nitrogen and oxygen atoms in total. The Morgan fingerprint density at radius 1 is 1.30 bits per heavy atom. The second kappa shape index (κ2) is 6.11. The Morgan fingerprint density at radius 3 is 2.85 bits per heavy atom. The number of hydrogen-bond donors (Lipinski definition) is 2. The molecule has 1 aliphatic heterocycles. The Bertz CT molecular complexity index is 622. The maximum atomic E-state index is 11.9. The predicted molar refractivity (Wildman–Crippen MR) is 78.8 cm³/mol. The molecule has 0 saturated carbocycles. The Balaban J connectivity index is 0.00000147. The molecule has 5 heteroatoms. The summed E-state index contributed by atoms with van der Waals surface area (Å²) in [5, 5.41) is 6.19. The molecule has 0 spiro atoms. The molecule has 0 bridgehead atoms. The standard InChI is InChI=1S/C15H16N2O2.ClH/c1-10-4-5-19-14(10)15(18)17-7-11-2-3-12-8-16-9-13(12)6-11;/h2-6,16H,7-9H2,1H3,(H,17,18);1H. The van der Waals surface area contributed by atoms with Crippen molar-refractivity contribution in [1.29, 1.82) is 0 Å². The van der Waals surface area contributed by atoms with Gasteiger partial charge in [-0.2, -0.15) is 0 Å². The van der Waals surface area contributed by atoms with Gasteiger partial charge in [0.05, 0.1) is 6.26 Å². The van der Waals surface area contributed by atoms with Gasteiger partial charge < -0.3 is 15.1 Å². The quantitative estimate of drug-likeness (QED) is 0.914. The Morgan fingerprint density at radius 2 is 2.10 bits per heavy atom. The Kier molecular flexibility index (Phi) is 4.47. The predicted octanol–water partition coefficient (Wildman–Crippen LogP) is 2.54. The molecule has 2 aromatic rings. The molecule has 0 fully saturated rings. The second-order valence-electron chi connectivity index (χ2n) is 4.82. The molecule has 1 aromatic carbocycles. The number of nitrogens with one attached hydrogen (secondary N) is 2. The van der Waals surface area contributed by atoms with E-state index in [0.717, 1.165) is 24.2 Å². The first-order valence-corrected chi connectivity index (χ1v) is 6.38. The third-order valence-electron chi connectivity index (χ3n) is 3.42. The van der Waals surface area contributed by atoms with Crippen LogP contribution in [0.4, 0.5) is 0 Å². The lowest BCUT2D eigenvalue weighted by Crippen LogP contribution is -2.23. The number of amides is 1. The normalized spacial score (nSPS) is 12.7. The number of halogens is 1. The van der Waals surface area contributed by atoms with Crippen molar-refractivity contribution in [2.75, 3.05) is 0 Å². The molecule has 20 heavy (non-hydrogen) atoms. The van der Waals surface area contributed by atoms with Crippen LogP contribution in [0.25, 0.3) is 0 Å². The molecule has 0 saturated heterocycles. The molecule has 2 N–H and O–H groups in total. The molecule has 0 unspecified atom stereocenters. The van der Waals surface area contributed by atoms with E-state index in [1.807, 2.05) is 6.92 Å². The Labute approximate surface area is 124 Å². The van der Waals surface area contributed by atoms with E-state index < -0.39 is 0 Å². The van der Waals surface area contributed by atoms with Gasteiger partial charge in [-0.25, -0.2) is 0 Å². The summed E-state index contributed by atoms with van der Waals surface area (Å²) >= 11 is 0. The minimum absolute atomic E-state index is 0. The first kappa shape index (κ1) is 14.6. The monoisotopic (exact) mass is 292 g/mol. The van der Waals surface area contributed by atoms with E-state index in [-0.39, 0.29) is 18.3 Å². The fraction of sp³-hybridized carbons (Fsp3) is 0.267. The van der Waals surface area contributed by atoms with Crippen molar-refractivity contribution in [3.05, 3.63) is 58.5 Å². The van der Waals surface area contributed by atoms with Crippen molar-refractivity contribution in [1.82, 2.24) is 10.6 Å². The van der Waals surface area contributed by atoms with E-state index in [0.29, 0.717) is 12.3 Å². The topological polar surface area (TPSA) is 54.3 Å². The number of hydrogen-bond acceptors (Lipinski definition) is 3. The highest BCUT2D eigenvalue weighted by atomic mass is 35.5. The van der Waals surface area contributed by atoms with E-state index in [2.05, 4.69) is 28.8 Å². The number of carbonyl (C=O) groups is 1. The fourth-order valence-electron chi connectivity index (χ4n) is 2.33. The molecule has 0 atom stereocenters. The SMILES string of the molecule is Cc1ccoc1C(=O)NCc1ccc2c(c1)CNC2.Cl. The van der Waals surface area contributed by atoms with Crippen LogP contribution < -0.4 is 10.6 Å². The summed E-state index contributed by atoms with van der Waals surface area (Å²) < 4.78 is 5.17. The third-order valence-corrected chi connectivity index (χ3v) is 3.42. The van der Waals surface area contributed by atoms with Gasteiger partial charge in [-0.1, -0.05) is 18.2 Å².